The van der Waals surface area contributed by atoms with Gasteiger partial charge < -0.3 is 10.1 Å². The summed E-state index contributed by atoms with van der Waals surface area (Å²) in [5.41, 5.74) is 2.57. The summed E-state index contributed by atoms with van der Waals surface area (Å²) in [5, 5.41) is 3.32. The quantitative estimate of drug-likeness (QED) is 0.704. The van der Waals surface area contributed by atoms with Crippen LogP contribution in [-0.4, -0.2) is 19.7 Å². The molecule has 0 aliphatic rings. The van der Waals surface area contributed by atoms with E-state index in [2.05, 4.69) is 44.3 Å². The fraction of sp³-hybridized carbons (Fsp3) is 0.500. The van der Waals surface area contributed by atoms with Crippen LogP contribution in [0.4, 0.5) is 0 Å². The number of likely N-dealkylation sites (N-methyl/N-ethyl adjacent to an activating group) is 1. The molecule has 1 aromatic carbocycles. The minimum atomic E-state index is 0.811. The highest BCUT2D eigenvalue weighted by atomic mass is 16.5. The van der Waals surface area contributed by atoms with Crippen LogP contribution in [0.25, 0.3) is 6.08 Å². The predicted molar refractivity (Wildman–Crippen MR) is 79.0 cm³/mol. The molecule has 0 aromatic heterocycles. The van der Waals surface area contributed by atoms with Crippen LogP contribution >= 0.6 is 0 Å². The topological polar surface area (TPSA) is 21.3 Å². The molecule has 0 heterocycles. The standard InChI is InChI=1S/C16H25NO/c1-4-6-11-18-16-9-7-15(8-10-16)12-14(3)13-17-5-2/h7-10,12,17H,4-6,11,13H2,1-3H3. The molecule has 1 aromatic rings. The average Bonchev–Trinajstić information content (AvgIpc) is 2.39. The van der Waals surface area contributed by atoms with Gasteiger partial charge in [-0.15, -0.1) is 0 Å². The van der Waals surface area contributed by atoms with Gasteiger partial charge in [0.25, 0.3) is 0 Å². The molecule has 0 aliphatic carbocycles. The molecular formula is C16H25NO. The minimum absolute atomic E-state index is 0.811. The fourth-order valence-corrected chi connectivity index (χ4v) is 1.65. The Morgan fingerprint density at radius 1 is 1.22 bits per heavy atom. The molecule has 100 valence electrons. The molecule has 2 nitrogen and oxygen atoms in total. The van der Waals surface area contributed by atoms with Gasteiger partial charge in [0.15, 0.2) is 0 Å². The lowest BCUT2D eigenvalue weighted by Crippen LogP contribution is -2.14. The third-order valence-corrected chi connectivity index (χ3v) is 2.71. The molecule has 0 saturated carbocycles. The molecule has 1 rings (SSSR count). The Balaban J connectivity index is 2.49. The monoisotopic (exact) mass is 247 g/mol. The summed E-state index contributed by atoms with van der Waals surface area (Å²) in [7, 11) is 0. The maximum absolute atomic E-state index is 5.64. The first-order chi connectivity index (χ1) is 8.76. The van der Waals surface area contributed by atoms with Gasteiger partial charge in [-0.2, -0.15) is 0 Å². The molecule has 0 atom stereocenters. The fourth-order valence-electron chi connectivity index (χ4n) is 1.65. The number of hydrogen-bond donors (Lipinski definition) is 1. The summed E-state index contributed by atoms with van der Waals surface area (Å²) in [4.78, 5) is 0. The van der Waals surface area contributed by atoms with Crippen molar-refractivity contribution in [3.05, 3.63) is 35.4 Å². The first-order valence-electron chi connectivity index (χ1n) is 6.87. The van der Waals surface area contributed by atoms with Crippen molar-refractivity contribution in [2.24, 2.45) is 0 Å². The smallest absolute Gasteiger partial charge is 0.119 e. The second kappa shape index (κ2) is 8.76. The van der Waals surface area contributed by atoms with Gasteiger partial charge in [0, 0.05) is 6.54 Å². The summed E-state index contributed by atoms with van der Waals surface area (Å²) < 4.78 is 5.64. The Morgan fingerprint density at radius 2 is 1.94 bits per heavy atom. The average molecular weight is 247 g/mol. The summed E-state index contributed by atoms with van der Waals surface area (Å²) in [6, 6.07) is 8.30. The number of hydrogen-bond acceptors (Lipinski definition) is 2. The lowest BCUT2D eigenvalue weighted by molar-refractivity contribution is 0.309. The summed E-state index contributed by atoms with van der Waals surface area (Å²) >= 11 is 0. The molecule has 0 spiro atoms. The molecule has 0 radical (unpaired) electrons. The van der Waals surface area contributed by atoms with E-state index in [0.717, 1.165) is 31.9 Å². The summed E-state index contributed by atoms with van der Waals surface area (Å²) in [5.74, 6) is 0.963. The molecule has 0 bridgehead atoms. The second-order valence-electron chi connectivity index (χ2n) is 4.54. The van der Waals surface area contributed by atoms with Gasteiger partial charge in [0.2, 0.25) is 0 Å². The highest BCUT2D eigenvalue weighted by Gasteiger charge is 1.95. The van der Waals surface area contributed by atoms with E-state index in [4.69, 9.17) is 4.74 Å². The Labute approximate surface area is 111 Å². The Kier molecular flexibility index (Phi) is 7.19. The van der Waals surface area contributed by atoms with E-state index in [1.54, 1.807) is 0 Å². The first kappa shape index (κ1) is 14.8. The maximum Gasteiger partial charge on any atom is 0.119 e. The van der Waals surface area contributed by atoms with Crippen LogP contribution in [0.3, 0.4) is 0 Å². The SMILES string of the molecule is CCCCOc1ccc(C=C(C)CNCC)cc1. The molecule has 0 saturated heterocycles. The van der Waals surface area contributed by atoms with Crippen LogP contribution in [0.2, 0.25) is 0 Å². The molecule has 0 fully saturated rings. The van der Waals surface area contributed by atoms with E-state index >= 15 is 0 Å². The highest BCUT2D eigenvalue weighted by Crippen LogP contribution is 2.14. The van der Waals surface area contributed by atoms with Gasteiger partial charge in [0.05, 0.1) is 6.61 Å². The van der Waals surface area contributed by atoms with Crippen LogP contribution in [0.1, 0.15) is 39.2 Å². The first-order valence-corrected chi connectivity index (χ1v) is 6.87. The molecule has 0 aliphatic heterocycles. The summed E-state index contributed by atoms with van der Waals surface area (Å²) in [6.07, 6.45) is 4.49. The van der Waals surface area contributed by atoms with Gasteiger partial charge in [-0.05, 0) is 37.6 Å². The second-order valence-corrected chi connectivity index (χ2v) is 4.54. The Morgan fingerprint density at radius 3 is 2.56 bits per heavy atom. The zero-order valence-electron chi connectivity index (χ0n) is 11.8. The normalized spacial score (nSPS) is 11.6. The number of unbranched alkanes of at least 4 members (excludes halogenated alkanes) is 1. The van der Waals surface area contributed by atoms with Gasteiger partial charge in [-0.25, -0.2) is 0 Å². The van der Waals surface area contributed by atoms with Gasteiger partial charge in [0.1, 0.15) is 5.75 Å². The number of ether oxygens (including phenoxy) is 1. The molecule has 0 unspecified atom stereocenters. The van der Waals surface area contributed by atoms with E-state index in [-0.39, 0.29) is 0 Å². The van der Waals surface area contributed by atoms with Crippen molar-refractivity contribution in [1.29, 1.82) is 0 Å². The van der Waals surface area contributed by atoms with Crippen molar-refractivity contribution in [2.75, 3.05) is 19.7 Å². The third kappa shape index (κ3) is 5.87. The lowest BCUT2D eigenvalue weighted by Gasteiger charge is -2.06. The minimum Gasteiger partial charge on any atom is -0.494 e. The van der Waals surface area contributed by atoms with Crippen molar-refractivity contribution in [3.63, 3.8) is 0 Å². The molecule has 0 amide bonds. The molecule has 1 N–H and O–H groups in total. The van der Waals surface area contributed by atoms with Crippen LogP contribution in [-0.2, 0) is 0 Å². The maximum atomic E-state index is 5.64. The van der Waals surface area contributed by atoms with Crippen LogP contribution in [0, 0.1) is 0 Å². The zero-order valence-corrected chi connectivity index (χ0v) is 11.8. The molecule has 2 heteroatoms. The van der Waals surface area contributed by atoms with Crippen molar-refractivity contribution < 1.29 is 4.74 Å². The van der Waals surface area contributed by atoms with E-state index in [0.29, 0.717) is 0 Å². The highest BCUT2D eigenvalue weighted by molar-refractivity contribution is 5.53. The van der Waals surface area contributed by atoms with E-state index < -0.39 is 0 Å². The van der Waals surface area contributed by atoms with Crippen molar-refractivity contribution in [3.8, 4) is 5.75 Å². The van der Waals surface area contributed by atoms with Crippen molar-refractivity contribution in [1.82, 2.24) is 5.32 Å². The molecular weight excluding hydrogens is 222 g/mol. The van der Waals surface area contributed by atoms with E-state index in [1.807, 2.05) is 12.1 Å². The predicted octanol–water partition coefficient (Wildman–Crippen LogP) is 3.88. The summed E-state index contributed by atoms with van der Waals surface area (Å²) in [6.45, 7) is 9.21. The third-order valence-electron chi connectivity index (χ3n) is 2.71. The number of rotatable bonds is 8. The van der Waals surface area contributed by atoms with Gasteiger partial charge >= 0.3 is 0 Å². The van der Waals surface area contributed by atoms with Crippen molar-refractivity contribution in [2.45, 2.75) is 33.6 Å². The largest absolute Gasteiger partial charge is 0.494 e. The molecule has 18 heavy (non-hydrogen) atoms. The van der Waals surface area contributed by atoms with E-state index in [1.165, 1.54) is 17.6 Å². The van der Waals surface area contributed by atoms with Gasteiger partial charge in [-0.3, -0.25) is 0 Å². The van der Waals surface area contributed by atoms with Gasteiger partial charge in [-0.1, -0.05) is 44.1 Å². The van der Waals surface area contributed by atoms with Crippen molar-refractivity contribution >= 4 is 6.08 Å². The van der Waals surface area contributed by atoms with Crippen LogP contribution in [0.5, 0.6) is 5.75 Å². The number of nitrogens with one attached hydrogen (secondary N) is 1. The zero-order chi connectivity index (χ0) is 13.2. The van der Waals surface area contributed by atoms with Crippen LogP contribution in [0.15, 0.2) is 29.8 Å². The van der Waals surface area contributed by atoms with E-state index in [9.17, 15) is 0 Å². The number of benzene rings is 1. The Hall–Kier alpha value is -1.28. The van der Waals surface area contributed by atoms with Crippen LogP contribution < -0.4 is 10.1 Å². The Bertz CT molecular complexity index is 354. The lowest BCUT2D eigenvalue weighted by atomic mass is 10.1.